The Labute approximate surface area is 190 Å². The zero-order valence-corrected chi connectivity index (χ0v) is 18.8. The summed E-state index contributed by atoms with van der Waals surface area (Å²) < 4.78 is 51.6. The molecule has 3 aromatic rings. The van der Waals surface area contributed by atoms with Crippen molar-refractivity contribution in [3.8, 4) is 11.5 Å². The van der Waals surface area contributed by atoms with Crippen molar-refractivity contribution >= 4 is 38.9 Å². The molecule has 0 fully saturated rings. The Bertz CT molecular complexity index is 1220. The Hall–Kier alpha value is -3.30. The molecule has 0 atom stereocenters. The van der Waals surface area contributed by atoms with Crippen LogP contribution in [0, 0.1) is 5.82 Å². The first-order valence-electron chi connectivity index (χ1n) is 9.31. The van der Waals surface area contributed by atoms with E-state index in [-0.39, 0.29) is 16.3 Å². The highest BCUT2D eigenvalue weighted by molar-refractivity contribution is 7.92. The Morgan fingerprint density at radius 1 is 1.00 bits per heavy atom. The van der Waals surface area contributed by atoms with Crippen LogP contribution >= 0.6 is 11.6 Å². The molecular formula is C22H20ClFN2O5S. The molecule has 1 N–H and O–H groups in total. The predicted octanol–water partition coefficient (Wildman–Crippen LogP) is 4.33. The van der Waals surface area contributed by atoms with Gasteiger partial charge < -0.3 is 14.8 Å². The minimum Gasteiger partial charge on any atom is -0.493 e. The van der Waals surface area contributed by atoms with Gasteiger partial charge >= 0.3 is 0 Å². The number of hydrogen-bond acceptors (Lipinski definition) is 5. The molecule has 0 aromatic heterocycles. The molecule has 3 rings (SSSR count). The number of methoxy groups -OCH3 is 2. The maximum atomic E-state index is 13.5. The summed E-state index contributed by atoms with van der Waals surface area (Å²) in [4.78, 5) is 12.6. The number of halogens is 2. The van der Waals surface area contributed by atoms with Gasteiger partial charge in [0, 0.05) is 6.07 Å². The molecule has 0 bridgehead atoms. The summed E-state index contributed by atoms with van der Waals surface area (Å²) in [6.45, 7) is -0.576. The molecule has 32 heavy (non-hydrogen) atoms. The quantitative estimate of drug-likeness (QED) is 0.521. The summed E-state index contributed by atoms with van der Waals surface area (Å²) in [6.07, 6.45) is 0. The molecule has 0 spiro atoms. The smallest absolute Gasteiger partial charge is 0.264 e. The van der Waals surface area contributed by atoms with Gasteiger partial charge in [-0.05, 0) is 48.5 Å². The minimum atomic E-state index is -4.24. The van der Waals surface area contributed by atoms with Gasteiger partial charge in [-0.15, -0.1) is 0 Å². The average Bonchev–Trinajstić information content (AvgIpc) is 2.79. The summed E-state index contributed by atoms with van der Waals surface area (Å²) in [6, 6.07) is 15.4. The van der Waals surface area contributed by atoms with Crippen molar-refractivity contribution in [1.29, 1.82) is 0 Å². The van der Waals surface area contributed by atoms with Gasteiger partial charge in [-0.25, -0.2) is 12.8 Å². The van der Waals surface area contributed by atoms with Crippen LogP contribution in [-0.4, -0.2) is 35.1 Å². The van der Waals surface area contributed by atoms with Gasteiger partial charge in [-0.3, -0.25) is 9.10 Å². The van der Waals surface area contributed by atoms with E-state index in [1.807, 2.05) is 0 Å². The Morgan fingerprint density at radius 2 is 1.66 bits per heavy atom. The second-order valence-corrected chi connectivity index (χ2v) is 8.80. The lowest BCUT2D eigenvalue weighted by Gasteiger charge is -2.24. The van der Waals surface area contributed by atoms with Crippen LogP contribution in [0.5, 0.6) is 11.5 Å². The summed E-state index contributed by atoms with van der Waals surface area (Å²) in [7, 11) is -1.44. The first-order valence-corrected chi connectivity index (χ1v) is 11.1. The molecule has 7 nitrogen and oxygen atoms in total. The normalized spacial score (nSPS) is 11.0. The van der Waals surface area contributed by atoms with Gasteiger partial charge in [0.1, 0.15) is 12.4 Å². The second kappa shape index (κ2) is 9.88. The number of rotatable bonds is 8. The monoisotopic (exact) mass is 478 g/mol. The molecule has 0 radical (unpaired) electrons. The van der Waals surface area contributed by atoms with E-state index in [9.17, 15) is 17.6 Å². The molecule has 1 amide bonds. The number of sulfonamides is 1. The third kappa shape index (κ3) is 5.12. The van der Waals surface area contributed by atoms with Gasteiger partial charge in [0.25, 0.3) is 10.0 Å². The Kier molecular flexibility index (Phi) is 7.22. The predicted molar refractivity (Wildman–Crippen MR) is 121 cm³/mol. The number of anilines is 2. The van der Waals surface area contributed by atoms with Crippen molar-refractivity contribution in [2.45, 2.75) is 4.90 Å². The highest BCUT2D eigenvalue weighted by atomic mass is 35.5. The van der Waals surface area contributed by atoms with Gasteiger partial charge in [-0.1, -0.05) is 23.7 Å². The maximum absolute atomic E-state index is 13.5. The van der Waals surface area contributed by atoms with Gasteiger partial charge in [0.2, 0.25) is 5.91 Å². The van der Waals surface area contributed by atoms with Crippen LogP contribution in [0.25, 0.3) is 0 Å². The van der Waals surface area contributed by atoms with Crippen molar-refractivity contribution < 1.29 is 27.1 Å². The van der Waals surface area contributed by atoms with Crippen LogP contribution in [0.2, 0.25) is 5.02 Å². The molecule has 0 saturated heterocycles. The fourth-order valence-electron chi connectivity index (χ4n) is 2.91. The number of ether oxygens (including phenoxy) is 2. The first-order chi connectivity index (χ1) is 15.3. The van der Waals surface area contributed by atoms with Crippen LogP contribution < -0.4 is 19.1 Å². The Morgan fingerprint density at radius 3 is 2.28 bits per heavy atom. The third-order valence-corrected chi connectivity index (χ3v) is 6.59. The highest BCUT2D eigenvalue weighted by Crippen LogP contribution is 2.32. The molecular weight excluding hydrogens is 459 g/mol. The van der Waals surface area contributed by atoms with Crippen LogP contribution in [0.15, 0.2) is 71.6 Å². The largest absolute Gasteiger partial charge is 0.493 e. The molecule has 0 aliphatic carbocycles. The minimum absolute atomic E-state index is 0.107. The van der Waals surface area contributed by atoms with Crippen molar-refractivity contribution in [3.05, 3.63) is 77.6 Å². The second-order valence-electron chi connectivity index (χ2n) is 6.53. The van der Waals surface area contributed by atoms with E-state index in [0.29, 0.717) is 16.5 Å². The zero-order valence-electron chi connectivity index (χ0n) is 17.2. The zero-order chi connectivity index (χ0) is 23.3. The molecule has 3 aromatic carbocycles. The van der Waals surface area contributed by atoms with E-state index in [2.05, 4.69) is 5.32 Å². The molecule has 168 valence electrons. The van der Waals surface area contributed by atoms with Crippen LogP contribution in [0.3, 0.4) is 0 Å². The lowest BCUT2D eigenvalue weighted by Crippen LogP contribution is -2.38. The topological polar surface area (TPSA) is 84.9 Å². The summed E-state index contributed by atoms with van der Waals surface area (Å²) in [5.41, 5.74) is 0.442. The van der Waals surface area contributed by atoms with E-state index < -0.39 is 28.3 Å². The molecule has 10 heteroatoms. The molecule has 0 unspecified atom stereocenters. The SMILES string of the molecule is COc1ccc(S(=O)(=O)N(CC(=O)Nc2ccccc2Cl)c2ccc(F)cc2)cc1OC. The lowest BCUT2D eigenvalue weighted by atomic mass is 10.3. The fourth-order valence-corrected chi connectivity index (χ4v) is 4.53. The van der Waals surface area contributed by atoms with Crippen molar-refractivity contribution in [3.63, 3.8) is 0 Å². The van der Waals surface area contributed by atoms with Crippen LogP contribution in [-0.2, 0) is 14.8 Å². The third-order valence-electron chi connectivity index (χ3n) is 4.49. The van der Waals surface area contributed by atoms with Crippen molar-refractivity contribution in [2.75, 3.05) is 30.4 Å². The number of benzene rings is 3. The summed E-state index contributed by atoms with van der Waals surface area (Å²) in [5, 5.41) is 2.89. The van der Waals surface area contributed by atoms with E-state index in [4.69, 9.17) is 21.1 Å². The van der Waals surface area contributed by atoms with Crippen LogP contribution in [0.1, 0.15) is 0 Å². The van der Waals surface area contributed by atoms with Crippen molar-refractivity contribution in [2.24, 2.45) is 0 Å². The van der Waals surface area contributed by atoms with E-state index in [1.54, 1.807) is 24.3 Å². The maximum Gasteiger partial charge on any atom is 0.264 e. The molecule has 0 saturated carbocycles. The van der Waals surface area contributed by atoms with Gasteiger partial charge in [0.15, 0.2) is 11.5 Å². The fraction of sp³-hybridized carbons (Fsp3) is 0.136. The number of carbonyl (C=O) groups is 1. The number of amides is 1. The van der Waals surface area contributed by atoms with E-state index in [0.717, 1.165) is 16.4 Å². The number of nitrogens with zero attached hydrogens (tertiary/aromatic N) is 1. The number of carbonyl (C=O) groups excluding carboxylic acids is 1. The van der Waals surface area contributed by atoms with Crippen molar-refractivity contribution in [1.82, 2.24) is 0 Å². The molecule has 0 heterocycles. The lowest BCUT2D eigenvalue weighted by molar-refractivity contribution is -0.114. The molecule has 0 aliphatic rings. The number of hydrogen-bond donors (Lipinski definition) is 1. The van der Waals surface area contributed by atoms with Gasteiger partial charge in [0.05, 0.1) is 35.5 Å². The molecule has 0 aliphatic heterocycles. The van der Waals surface area contributed by atoms with E-state index in [1.165, 1.54) is 44.6 Å². The number of para-hydroxylation sites is 1. The number of nitrogens with one attached hydrogen (secondary N) is 1. The standard InChI is InChI=1S/C22H20ClFN2O5S/c1-30-20-12-11-17(13-21(20)31-2)32(28,29)26(16-9-7-15(24)8-10-16)14-22(27)25-19-6-4-3-5-18(19)23/h3-13H,14H2,1-2H3,(H,25,27). The Balaban J connectivity index is 2.00. The summed E-state index contributed by atoms with van der Waals surface area (Å²) >= 11 is 6.07. The van der Waals surface area contributed by atoms with Crippen LogP contribution in [0.4, 0.5) is 15.8 Å². The first kappa shape index (κ1) is 23.4. The van der Waals surface area contributed by atoms with E-state index >= 15 is 0 Å². The highest BCUT2D eigenvalue weighted by Gasteiger charge is 2.28. The summed E-state index contributed by atoms with van der Waals surface area (Å²) in [5.74, 6) is -0.631. The average molecular weight is 479 g/mol. The van der Waals surface area contributed by atoms with Gasteiger partial charge in [-0.2, -0.15) is 0 Å².